The molecule has 6 nitrogen and oxygen atoms in total. The number of carbonyl (C=O) groups is 1. The van der Waals surface area contributed by atoms with Gasteiger partial charge in [-0.2, -0.15) is 18.2 Å². The first kappa shape index (κ1) is 18.8. The van der Waals surface area contributed by atoms with E-state index in [-0.39, 0.29) is 29.1 Å². The molecule has 0 saturated heterocycles. The van der Waals surface area contributed by atoms with E-state index in [9.17, 15) is 18.0 Å². The second-order valence-corrected chi connectivity index (χ2v) is 5.70. The smallest absolute Gasteiger partial charge is 0.369 e. The lowest BCUT2D eigenvalue weighted by Gasteiger charge is -2.13. The molecule has 0 fully saturated rings. The van der Waals surface area contributed by atoms with E-state index < -0.39 is 17.6 Å². The first-order chi connectivity index (χ1) is 12.4. The minimum Gasteiger partial charge on any atom is -0.369 e. The van der Waals surface area contributed by atoms with Gasteiger partial charge in [0.05, 0.1) is 16.6 Å². The van der Waals surface area contributed by atoms with E-state index in [1.807, 2.05) is 0 Å². The zero-order valence-electron chi connectivity index (χ0n) is 13.7. The monoisotopic (exact) mass is 395 g/mol. The Morgan fingerprint density at radius 3 is 2.74 bits per heavy atom. The molecule has 4 rings (SSSR count). The third-order valence-electron chi connectivity index (χ3n) is 4.06. The van der Waals surface area contributed by atoms with E-state index >= 15 is 0 Å². The van der Waals surface area contributed by atoms with Crippen LogP contribution in [0.25, 0.3) is 10.9 Å². The van der Waals surface area contributed by atoms with Gasteiger partial charge in [0.25, 0.3) is 5.91 Å². The minimum absolute atomic E-state index is 0. The summed E-state index contributed by atoms with van der Waals surface area (Å²) in [6, 6.07) is 6.98. The number of hydrogen-bond acceptors (Lipinski definition) is 4. The Morgan fingerprint density at radius 2 is 2.04 bits per heavy atom. The Balaban J connectivity index is 0.00000210. The topological polar surface area (TPSA) is 72.2 Å². The zero-order chi connectivity index (χ0) is 18.3. The van der Waals surface area contributed by atoms with Crippen molar-refractivity contribution in [1.29, 1.82) is 0 Å². The predicted octanol–water partition coefficient (Wildman–Crippen LogP) is 3.04. The molecule has 2 aromatic heterocycles. The fourth-order valence-corrected chi connectivity index (χ4v) is 2.91. The molecule has 10 heteroatoms. The van der Waals surface area contributed by atoms with Gasteiger partial charge in [0.2, 0.25) is 5.62 Å². The number of aromatic nitrogens is 3. The number of amides is 1. The Bertz CT molecular complexity index is 1080. The van der Waals surface area contributed by atoms with E-state index in [4.69, 9.17) is 0 Å². The summed E-state index contributed by atoms with van der Waals surface area (Å²) in [4.78, 5) is 24.2. The predicted molar refractivity (Wildman–Crippen MR) is 94.6 cm³/mol. The molecule has 0 radical (unpaired) electrons. The van der Waals surface area contributed by atoms with Gasteiger partial charge in [-0.05, 0) is 24.3 Å². The number of hydrogen-bond donors (Lipinski definition) is 1. The van der Waals surface area contributed by atoms with Crippen LogP contribution >= 0.6 is 12.4 Å². The van der Waals surface area contributed by atoms with Gasteiger partial charge in [0.15, 0.2) is 0 Å². The highest BCUT2D eigenvalue weighted by atomic mass is 35.5. The van der Waals surface area contributed by atoms with Crippen molar-refractivity contribution in [3.05, 3.63) is 59.5 Å². The largest absolute Gasteiger partial charge is 0.418 e. The first-order valence-corrected chi connectivity index (χ1v) is 7.79. The summed E-state index contributed by atoms with van der Waals surface area (Å²) in [6.45, 7) is 0.967. The van der Waals surface area contributed by atoms with Gasteiger partial charge in [-0.1, -0.05) is 6.07 Å². The van der Waals surface area contributed by atoms with E-state index in [0.717, 1.165) is 6.07 Å². The quantitative estimate of drug-likeness (QED) is 0.687. The Labute approximate surface area is 157 Å². The summed E-state index contributed by atoms with van der Waals surface area (Å²) in [5.41, 5.74) is -0.933. The number of nitrogens with one attached hydrogen (secondary N) is 1. The average Bonchev–Trinajstić information content (AvgIpc) is 3.11. The molecule has 1 aliphatic heterocycles. The van der Waals surface area contributed by atoms with Crippen LogP contribution in [0.1, 0.15) is 15.9 Å². The molecule has 0 aliphatic carbocycles. The lowest BCUT2D eigenvalue weighted by atomic mass is 10.1. The summed E-state index contributed by atoms with van der Waals surface area (Å²) in [5.74, 6) is -0.144. The molecule has 1 aromatic carbocycles. The number of benzene rings is 1. The maximum absolute atomic E-state index is 13.4. The lowest BCUT2D eigenvalue weighted by Crippen LogP contribution is -2.25. The van der Waals surface area contributed by atoms with Gasteiger partial charge >= 0.3 is 6.18 Å². The molecule has 0 spiro atoms. The fraction of sp³-hybridized carbons (Fsp3) is 0.176. The highest BCUT2D eigenvalue weighted by Gasteiger charge is 2.34. The number of para-hydroxylation sites is 1. The number of fused-ring (bicyclic) bond motifs is 3. The SMILES string of the molecule is Cl.O=C(N=c1nc2c(C(F)(F)F)cccc2c2n1CCN2)c1cccnc1. The summed E-state index contributed by atoms with van der Waals surface area (Å²) in [7, 11) is 0. The van der Waals surface area contributed by atoms with Crippen LogP contribution in [-0.2, 0) is 12.7 Å². The van der Waals surface area contributed by atoms with E-state index in [1.54, 1.807) is 16.7 Å². The number of anilines is 1. The molecular formula is C17H13ClF3N5O. The maximum atomic E-state index is 13.4. The second kappa shape index (κ2) is 6.99. The normalized spacial score (nSPS) is 13.8. The molecule has 0 saturated carbocycles. The molecule has 1 amide bonds. The Morgan fingerprint density at radius 1 is 1.22 bits per heavy atom. The fourth-order valence-electron chi connectivity index (χ4n) is 2.91. The molecule has 0 unspecified atom stereocenters. The van der Waals surface area contributed by atoms with Crippen molar-refractivity contribution in [1.82, 2.24) is 14.5 Å². The van der Waals surface area contributed by atoms with Crippen LogP contribution in [0, 0.1) is 0 Å². The van der Waals surface area contributed by atoms with Crippen molar-refractivity contribution < 1.29 is 18.0 Å². The molecular weight excluding hydrogens is 383 g/mol. The number of pyridine rings is 1. The van der Waals surface area contributed by atoms with Crippen molar-refractivity contribution in [2.24, 2.45) is 4.99 Å². The minimum atomic E-state index is -4.56. The summed E-state index contributed by atoms with van der Waals surface area (Å²) < 4.78 is 41.7. The Kier molecular flexibility index (Phi) is 4.88. The third kappa shape index (κ3) is 3.37. The average molecular weight is 396 g/mol. The van der Waals surface area contributed by atoms with Gasteiger partial charge in [0.1, 0.15) is 5.82 Å². The van der Waals surface area contributed by atoms with E-state index in [0.29, 0.717) is 24.3 Å². The highest BCUT2D eigenvalue weighted by Crippen LogP contribution is 2.35. The van der Waals surface area contributed by atoms with Crippen LogP contribution in [0.5, 0.6) is 0 Å². The highest BCUT2D eigenvalue weighted by molar-refractivity contribution is 5.95. The van der Waals surface area contributed by atoms with Gasteiger partial charge in [-0.3, -0.25) is 14.3 Å². The molecule has 3 heterocycles. The first-order valence-electron chi connectivity index (χ1n) is 7.79. The van der Waals surface area contributed by atoms with Crippen LogP contribution in [0.3, 0.4) is 0 Å². The van der Waals surface area contributed by atoms with Gasteiger partial charge < -0.3 is 5.32 Å². The van der Waals surface area contributed by atoms with Crippen LogP contribution in [0.2, 0.25) is 0 Å². The number of nitrogens with zero attached hydrogens (tertiary/aromatic N) is 4. The molecule has 3 aromatic rings. The van der Waals surface area contributed by atoms with Crippen molar-refractivity contribution in [2.75, 3.05) is 11.9 Å². The summed E-state index contributed by atoms with van der Waals surface area (Å²) >= 11 is 0. The standard InChI is InChI=1S/C17H12F3N5O.ClH/c18-17(19,20)12-5-1-4-11-13(12)23-16(25-8-7-22-14(11)25)24-15(26)10-3-2-6-21-9-10;/h1-6,9,22H,7-8H2;1H. The van der Waals surface area contributed by atoms with Crippen LogP contribution in [0.4, 0.5) is 19.0 Å². The van der Waals surface area contributed by atoms with Crippen LogP contribution in [0.15, 0.2) is 47.7 Å². The van der Waals surface area contributed by atoms with Crippen molar-refractivity contribution >= 4 is 35.0 Å². The van der Waals surface area contributed by atoms with Crippen LogP contribution in [-0.4, -0.2) is 27.0 Å². The van der Waals surface area contributed by atoms with Crippen molar-refractivity contribution in [3.8, 4) is 0 Å². The number of carbonyl (C=O) groups excluding carboxylic acids is 1. The molecule has 1 N–H and O–H groups in total. The number of halogens is 4. The summed E-state index contributed by atoms with van der Waals surface area (Å²) in [6.07, 6.45) is -1.71. The zero-order valence-corrected chi connectivity index (χ0v) is 14.5. The number of rotatable bonds is 1. The van der Waals surface area contributed by atoms with E-state index in [2.05, 4.69) is 20.3 Å². The maximum Gasteiger partial charge on any atom is 0.418 e. The molecule has 27 heavy (non-hydrogen) atoms. The van der Waals surface area contributed by atoms with Gasteiger partial charge in [-0.25, -0.2) is 4.98 Å². The number of alkyl halides is 3. The molecule has 0 bridgehead atoms. The van der Waals surface area contributed by atoms with E-state index in [1.165, 1.54) is 24.5 Å². The molecule has 140 valence electrons. The molecule has 1 aliphatic rings. The third-order valence-corrected chi connectivity index (χ3v) is 4.06. The second-order valence-electron chi connectivity index (χ2n) is 5.70. The lowest BCUT2D eigenvalue weighted by molar-refractivity contribution is -0.136. The van der Waals surface area contributed by atoms with Crippen molar-refractivity contribution in [2.45, 2.75) is 12.7 Å². The Hall–Kier alpha value is -2.94. The van der Waals surface area contributed by atoms with Crippen LogP contribution < -0.4 is 10.9 Å². The molecule has 0 atom stereocenters. The van der Waals surface area contributed by atoms with Crippen molar-refractivity contribution in [3.63, 3.8) is 0 Å². The van der Waals surface area contributed by atoms with Gasteiger partial charge in [0, 0.05) is 30.9 Å². The summed E-state index contributed by atoms with van der Waals surface area (Å²) in [5, 5.41) is 3.39. The van der Waals surface area contributed by atoms with Gasteiger partial charge in [-0.15, -0.1) is 12.4 Å².